The van der Waals surface area contributed by atoms with Gasteiger partial charge in [0.15, 0.2) is 0 Å². The highest BCUT2D eigenvalue weighted by molar-refractivity contribution is 9.09. The summed E-state index contributed by atoms with van der Waals surface area (Å²) in [4.78, 5) is 22.2. The molecule has 0 heterocycles. The molecule has 17 heavy (non-hydrogen) atoms. The van der Waals surface area contributed by atoms with E-state index >= 15 is 0 Å². The van der Waals surface area contributed by atoms with E-state index < -0.39 is 0 Å². The predicted octanol–water partition coefficient (Wildman–Crippen LogP) is 2.05. The molecule has 92 valence electrons. The number of amides is 2. The highest BCUT2D eigenvalue weighted by Crippen LogP contribution is 2.09. The topological polar surface area (TPSA) is 58.2 Å². The van der Waals surface area contributed by atoms with Crippen LogP contribution in [-0.4, -0.2) is 17.1 Å². The molecule has 0 fully saturated rings. The van der Waals surface area contributed by atoms with Gasteiger partial charge in [-0.2, -0.15) is 0 Å². The normalized spacial score (nSPS) is 9.76. The van der Waals surface area contributed by atoms with Gasteiger partial charge in [-0.25, -0.2) is 0 Å². The summed E-state index contributed by atoms with van der Waals surface area (Å²) in [7, 11) is 0. The molecule has 0 saturated heterocycles. The summed E-state index contributed by atoms with van der Waals surface area (Å²) in [6.07, 6.45) is 0.461. The lowest BCUT2D eigenvalue weighted by molar-refractivity contribution is -0.118. The average Bonchev–Trinajstić information content (AvgIpc) is 2.37. The summed E-state index contributed by atoms with van der Waals surface area (Å²) in [5.41, 5.74) is 1.77. The van der Waals surface area contributed by atoms with Crippen molar-refractivity contribution in [1.29, 1.82) is 0 Å². The van der Waals surface area contributed by atoms with Crippen LogP contribution in [0.1, 0.15) is 18.9 Å². The zero-order valence-electron chi connectivity index (χ0n) is 9.63. The highest BCUT2D eigenvalue weighted by atomic mass is 79.9. The fraction of sp³-hybridized carbons (Fsp3) is 0.333. The number of nitrogens with one attached hydrogen (secondary N) is 2. The first-order valence-corrected chi connectivity index (χ1v) is 6.49. The minimum absolute atomic E-state index is 0.00894. The van der Waals surface area contributed by atoms with Crippen LogP contribution in [0, 0.1) is 0 Å². The van der Waals surface area contributed by atoms with Gasteiger partial charge in [0.2, 0.25) is 11.8 Å². The minimum Gasteiger partial charge on any atom is -0.351 e. The molecule has 0 spiro atoms. The molecule has 0 unspecified atom stereocenters. The molecule has 4 nitrogen and oxygen atoms in total. The number of alkyl halides is 1. The van der Waals surface area contributed by atoms with E-state index in [9.17, 15) is 9.59 Å². The molecule has 5 heteroatoms. The van der Waals surface area contributed by atoms with Crippen molar-refractivity contribution in [2.24, 2.45) is 0 Å². The quantitative estimate of drug-likeness (QED) is 0.818. The summed E-state index contributed by atoms with van der Waals surface area (Å²) in [6, 6.07) is 7.39. The monoisotopic (exact) mass is 298 g/mol. The van der Waals surface area contributed by atoms with Crippen molar-refractivity contribution in [3.05, 3.63) is 29.8 Å². The molecule has 0 radical (unpaired) electrons. The van der Waals surface area contributed by atoms with Crippen LogP contribution in [0.2, 0.25) is 0 Å². The maximum Gasteiger partial charge on any atom is 0.230 e. The molecule has 0 aliphatic heterocycles. The lowest BCUT2D eigenvalue weighted by Gasteiger charge is -2.06. The standard InChI is InChI=1S/C12H15BrN2O2/c1-2-11(16)15-10-5-3-9(4-6-10)8-14-12(17)7-13/h3-6H,2,7-8H2,1H3,(H,14,17)(H,15,16). The molecule has 0 aliphatic carbocycles. The van der Waals surface area contributed by atoms with Gasteiger partial charge in [0, 0.05) is 18.7 Å². The third-order valence-corrected chi connectivity index (χ3v) is 2.68. The summed E-state index contributed by atoms with van der Waals surface area (Å²) >= 11 is 3.08. The smallest absolute Gasteiger partial charge is 0.230 e. The summed E-state index contributed by atoms with van der Waals surface area (Å²) in [6.45, 7) is 2.30. The Morgan fingerprint density at radius 1 is 1.18 bits per heavy atom. The fourth-order valence-corrected chi connectivity index (χ4v) is 1.40. The van der Waals surface area contributed by atoms with Gasteiger partial charge >= 0.3 is 0 Å². The fourth-order valence-electron chi connectivity index (χ4n) is 1.20. The Bertz CT molecular complexity index is 390. The Morgan fingerprint density at radius 3 is 2.35 bits per heavy atom. The van der Waals surface area contributed by atoms with E-state index in [1.165, 1.54) is 0 Å². The Labute approximate surface area is 109 Å². The van der Waals surface area contributed by atoms with Gasteiger partial charge in [-0.1, -0.05) is 35.0 Å². The molecule has 0 aromatic heterocycles. The van der Waals surface area contributed by atoms with Gasteiger partial charge in [-0.05, 0) is 17.7 Å². The lowest BCUT2D eigenvalue weighted by atomic mass is 10.2. The van der Waals surface area contributed by atoms with E-state index in [1.807, 2.05) is 24.3 Å². The van der Waals surface area contributed by atoms with Crippen LogP contribution in [0.25, 0.3) is 0 Å². The lowest BCUT2D eigenvalue weighted by Crippen LogP contribution is -2.23. The third-order valence-electron chi connectivity index (χ3n) is 2.17. The summed E-state index contributed by atoms with van der Waals surface area (Å²) < 4.78 is 0. The van der Waals surface area contributed by atoms with E-state index in [2.05, 4.69) is 26.6 Å². The molecule has 0 aliphatic rings. The van der Waals surface area contributed by atoms with Crippen LogP contribution in [-0.2, 0) is 16.1 Å². The Kier molecular flexibility index (Phi) is 5.69. The molecular formula is C12H15BrN2O2. The molecule has 0 bridgehead atoms. The molecule has 0 atom stereocenters. The Hall–Kier alpha value is -1.36. The SMILES string of the molecule is CCC(=O)Nc1ccc(CNC(=O)CBr)cc1. The summed E-state index contributed by atoms with van der Waals surface area (Å²) in [5, 5.41) is 5.81. The number of halogens is 1. The number of carbonyl (C=O) groups excluding carboxylic acids is 2. The van der Waals surface area contributed by atoms with Crippen molar-refractivity contribution < 1.29 is 9.59 Å². The Balaban J connectivity index is 2.50. The van der Waals surface area contributed by atoms with E-state index in [4.69, 9.17) is 0 Å². The second kappa shape index (κ2) is 7.06. The van der Waals surface area contributed by atoms with Crippen LogP contribution < -0.4 is 10.6 Å². The predicted molar refractivity (Wildman–Crippen MR) is 71.0 cm³/mol. The van der Waals surface area contributed by atoms with Crippen molar-refractivity contribution in [3.63, 3.8) is 0 Å². The number of hydrogen-bond donors (Lipinski definition) is 2. The molecule has 2 N–H and O–H groups in total. The molecule has 1 aromatic rings. The van der Waals surface area contributed by atoms with Crippen molar-refractivity contribution in [1.82, 2.24) is 5.32 Å². The summed E-state index contributed by atoms with van der Waals surface area (Å²) in [5.74, 6) is -0.0568. The van der Waals surface area contributed by atoms with Gasteiger partial charge in [-0.3, -0.25) is 9.59 Å². The van der Waals surface area contributed by atoms with Crippen molar-refractivity contribution >= 4 is 33.4 Å². The maximum absolute atomic E-state index is 11.1. The number of anilines is 1. The van der Waals surface area contributed by atoms with E-state index in [0.29, 0.717) is 18.3 Å². The van der Waals surface area contributed by atoms with Crippen molar-refractivity contribution in [2.75, 3.05) is 10.6 Å². The Morgan fingerprint density at radius 2 is 1.82 bits per heavy atom. The first kappa shape index (κ1) is 13.7. The van der Waals surface area contributed by atoms with Crippen LogP contribution in [0.4, 0.5) is 5.69 Å². The molecule has 1 aromatic carbocycles. The van der Waals surface area contributed by atoms with Crippen LogP contribution in [0.5, 0.6) is 0 Å². The molecule has 0 saturated carbocycles. The first-order valence-electron chi connectivity index (χ1n) is 5.37. The van der Waals surface area contributed by atoms with Crippen molar-refractivity contribution in [2.45, 2.75) is 19.9 Å². The van der Waals surface area contributed by atoms with Crippen LogP contribution in [0.3, 0.4) is 0 Å². The zero-order valence-corrected chi connectivity index (χ0v) is 11.2. The van der Waals surface area contributed by atoms with Gasteiger partial charge in [-0.15, -0.1) is 0 Å². The third kappa shape index (κ3) is 4.99. The van der Waals surface area contributed by atoms with Gasteiger partial charge in [0.25, 0.3) is 0 Å². The highest BCUT2D eigenvalue weighted by Gasteiger charge is 2.00. The first-order chi connectivity index (χ1) is 8.15. The van der Waals surface area contributed by atoms with E-state index in [0.717, 1.165) is 11.3 Å². The second-order valence-electron chi connectivity index (χ2n) is 3.51. The maximum atomic E-state index is 11.1. The molecule has 1 rings (SSSR count). The van der Waals surface area contributed by atoms with E-state index in [1.54, 1.807) is 6.92 Å². The van der Waals surface area contributed by atoms with Crippen molar-refractivity contribution in [3.8, 4) is 0 Å². The zero-order chi connectivity index (χ0) is 12.7. The van der Waals surface area contributed by atoms with Gasteiger partial charge in [0.1, 0.15) is 0 Å². The number of benzene rings is 1. The number of carbonyl (C=O) groups is 2. The van der Waals surface area contributed by atoms with Crippen LogP contribution >= 0.6 is 15.9 Å². The molecule has 2 amide bonds. The largest absolute Gasteiger partial charge is 0.351 e. The average molecular weight is 299 g/mol. The second-order valence-corrected chi connectivity index (χ2v) is 4.07. The van der Waals surface area contributed by atoms with Gasteiger partial charge in [0.05, 0.1) is 5.33 Å². The van der Waals surface area contributed by atoms with Gasteiger partial charge < -0.3 is 10.6 Å². The molecular weight excluding hydrogens is 284 g/mol. The number of hydrogen-bond acceptors (Lipinski definition) is 2. The number of rotatable bonds is 5. The van der Waals surface area contributed by atoms with Crippen LogP contribution in [0.15, 0.2) is 24.3 Å². The minimum atomic E-state index is -0.0478. The van der Waals surface area contributed by atoms with E-state index in [-0.39, 0.29) is 11.8 Å².